The van der Waals surface area contributed by atoms with Crippen LogP contribution in [0.2, 0.25) is 0 Å². The number of hydrogen-bond acceptors (Lipinski definition) is 7. The zero-order chi connectivity index (χ0) is 22.9. The lowest BCUT2D eigenvalue weighted by molar-refractivity contribution is 0.0114. The Balaban J connectivity index is 1.60. The summed E-state index contributed by atoms with van der Waals surface area (Å²) in [7, 11) is 1.66. The maximum atomic E-state index is 9.72. The first kappa shape index (κ1) is 26.1. The van der Waals surface area contributed by atoms with Gasteiger partial charge >= 0.3 is 0 Å². The normalized spacial score (nSPS) is 12.0. The van der Waals surface area contributed by atoms with Crippen LogP contribution < -0.4 is 14.8 Å². The molecule has 7 heteroatoms. The monoisotopic (exact) mass is 447 g/mol. The molecule has 2 rings (SSSR count). The van der Waals surface area contributed by atoms with E-state index in [-0.39, 0.29) is 12.6 Å². The van der Waals surface area contributed by atoms with E-state index in [1.807, 2.05) is 55.5 Å². The van der Waals surface area contributed by atoms with Gasteiger partial charge in [-0.2, -0.15) is 0 Å². The molecule has 1 atom stereocenters. The van der Waals surface area contributed by atoms with Crippen molar-refractivity contribution in [2.45, 2.75) is 25.9 Å². The van der Waals surface area contributed by atoms with Crippen molar-refractivity contribution in [2.75, 3.05) is 60.0 Å². The zero-order valence-electron chi connectivity index (χ0n) is 19.3. The maximum absolute atomic E-state index is 9.72. The summed E-state index contributed by atoms with van der Waals surface area (Å²) in [5, 5.41) is 13.1. The molecule has 178 valence electrons. The Kier molecular flexibility index (Phi) is 13.4. The minimum absolute atomic E-state index is 0.0203. The summed E-state index contributed by atoms with van der Waals surface area (Å²) in [4.78, 5) is 0. The van der Waals surface area contributed by atoms with Crippen LogP contribution in [0.4, 0.5) is 0 Å². The minimum Gasteiger partial charge on any atom is -0.497 e. The molecule has 0 saturated carbocycles. The van der Waals surface area contributed by atoms with Crippen LogP contribution in [0, 0.1) is 0 Å². The highest BCUT2D eigenvalue weighted by molar-refractivity contribution is 5.28. The molecule has 0 saturated heterocycles. The van der Waals surface area contributed by atoms with Crippen LogP contribution >= 0.6 is 0 Å². The first-order valence-corrected chi connectivity index (χ1v) is 11.2. The molecule has 0 fully saturated rings. The van der Waals surface area contributed by atoms with Crippen molar-refractivity contribution in [1.29, 1.82) is 0 Å². The van der Waals surface area contributed by atoms with Crippen molar-refractivity contribution in [3.63, 3.8) is 0 Å². The largest absolute Gasteiger partial charge is 0.497 e. The number of aliphatic hydroxyl groups excluding tert-OH is 1. The van der Waals surface area contributed by atoms with Gasteiger partial charge in [0.05, 0.1) is 46.8 Å². The van der Waals surface area contributed by atoms with Gasteiger partial charge in [-0.15, -0.1) is 0 Å². The third-order valence-electron chi connectivity index (χ3n) is 4.82. The van der Waals surface area contributed by atoms with Gasteiger partial charge in [0, 0.05) is 19.2 Å². The predicted molar refractivity (Wildman–Crippen MR) is 124 cm³/mol. The molecule has 2 aromatic rings. The molecule has 2 aromatic carbocycles. The van der Waals surface area contributed by atoms with Gasteiger partial charge in [-0.1, -0.05) is 24.3 Å². The van der Waals surface area contributed by atoms with Crippen molar-refractivity contribution in [3.05, 3.63) is 59.7 Å². The van der Waals surface area contributed by atoms with Gasteiger partial charge < -0.3 is 34.1 Å². The Morgan fingerprint density at radius 1 is 0.750 bits per heavy atom. The molecule has 0 aliphatic heterocycles. The third kappa shape index (κ3) is 10.9. The SMILES string of the molecule is CCOCCOCCOCCOc1ccc(CC(CO)NCc2ccc(OC)cc2)cc1. The molecular weight excluding hydrogens is 410 g/mol. The van der Waals surface area contributed by atoms with Gasteiger partial charge in [0.2, 0.25) is 0 Å². The summed E-state index contributed by atoms with van der Waals surface area (Å²) >= 11 is 0. The van der Waals surface area contributed by atoms with Crippen molar-refractivity contribution in [3.8, 4) is 11.5 Å². The molecule has 32 heavy (non-hydrogen) atoms. The smallest absolute Gasteiger partial charge is 0.119 e. The van der Waals surface area contributed by atoms with E-state index in [1.54, 1.807) is 7.11 Å². The molecule has 0 aliphatic carbocycles. The van der Waals surface area contributed by atoms with Gasteiger partial charge in [0.1, 0.15) is 18.1 Å². The number of aliphatic hydroxyl groups is 1. The second-order valence-corrected chi connectivity index (χ2v) is 7.23. The van der Waals surface area contributed by atoms with E-state index in [4.69, 9.17) is 23.7 Å². The lowest BCUT2D eigenvalue weighted by Gasteiger charge is -2.17. The Morgan fingerprint density at radius 3 is 1.91 bits per heavy atom. The van der Waals surface area contributed by atoms with Crippen molar-refractivity contribution in [2.24, 2.45) is 0 Å². The summed E-state index contributed by atoms with van der Waals surface area (Å²) in [5.41, 5.74) is 2.28. The highest BCUT2D eigenvalue weighted by atomic mass is 16.6. The summed E-state index contributed by atoms with van der Waals surface area (Å²) in [6.07, 6.45) is 0.735. The van der Waals surface area contributed by atoms with Crippen LogP contribution in [0.5, 0.6) is 11.5 Å². The topological polar surface area (TPSA) is 78.4 Å². The number of ether oxygens (including phenoxy) is 5. The van der Waals surface area contributed by atoms with Gasteiger partial charge in [-0.05, 0) is 48.7 Å². The fraction of sp³-hybridized carbons (Fsp3) is 0.520. The Bertz CT molecular complexity index is 707. The Labute approximate surface area is 191 Å². The average Bonchev–Trinajstić information content (AvgIpc) is 2.84. The van der Waals surface area contributed by atoms with Gasteiger partial charge in [-0.3, -0.25) is 0 Å². The van der Waals surface area contributed by atoms with Crippen LogP contribution in [0.3, 0.4) is 0 Å². The lowest BCUT2D eigenvalue weighted by Crippen LogP contribution is -2.34. The van der Waals surface area contributed by atoms with E-state index in [1.165, 1.54) is 0 Å². The highest BCUT2D eigenvalue weighted by Crippen LogP contribution is 2.14. The van der Waals surface area contributed by atoms with E-state index in [0.717, 1.165) is 29.0 Å². The molecule has 0 bridgehead atoms. The Hall–Kier alpha value is -2.16. The van der Waals surface area contributed by atoms with Gasteiger partial charge in [0.15, 0.2) is 0 Å². The fourth-order valence-electron chi connectivity index (χ4n) is 3.02. The highest BCUT2D eigenvalue weighted by Gasteiger charge is 2.08. The van der Waals surface area contributed by atoms with Gasteiger partial charge in [-0.25, -0.2) is 0 Å². The first-order valence-electron chi connectivity index (χ1n) is 11.2. The van der Waals surface area contributed by atoms with Crippen molar-refractivity contribution in [1.82, 2.24) is 5.32 Å². The molecule has 0 amide bonds. The van der Waals surface area contributed by atoms with Crippen LogP contribution in [0.1, 0.15) is 18.1 Å². The first-order chi connectivity index (χ1) is 15.7. The molecule has 0 aliphatic rings. The summed E-state index contributed by atoms with van der Waals surface area (Å²) < 4.78 is 27.0. The van der Waals surface area contributed by atoms with Crippen molar-refractivity contribution >= 4 is 0 Å². The number of nitrogens with one attached hydrogen (secondary N) is 1. The second-order valence-electron chi connectivity index (χ2n) is 7.23. The predicted octanol–water partition coefficient (Wildman–Crippen LogP) is 2.84. The zero-order valence-corrected chi connectivity index (χ0v) is 19.3. The molecule has 0 heterocycles. The van der Waals surface area contributed by atoms with Crippen LogP contribution in [0.15, 0.2) is 48.5 Å². The van der Waals surface area contributed by atoms with Crippen LogP contribution in [0.25, 0.3) is 0 Å². The molecule has 1 unspecified atom stereocenters. The second kappa shape index (κ2) is 16.5. The standard InChI is InChI=1S/C25H37NO6/c1-3-29-12-13-30-14-15-31-16-17-32-25-10-4-21(5-11-25)18-23(20-27)26-19-22-6-8-24(28-2)9-7-22/h4-11,23,26-27H,3,12-20H2,1-2H3. The number of methoxy groups -OCH3 is 1. The van der Waals surface area contributed by atoms with E-state index >= 15 is 0 Å². The summed E-state index contributed by atoms with van der Waals surface area (Å²) in [5.74, 6) is 1.64. The molecule has 7 nitrogen and oxygen atoms in total. The van der Waals surface area contributed by atoms with E-state index in [9.17, 15) is 5.11 Å². The number of rotatable bonds is 18. The average molecular weight is 448 g/mol. The molecule has 2 N–H and O–H groups in total. The number of hydrogen-bond donors (Lipinski definition) is 2. The minimum atomic E-state index is -0.0203. The van der Waals surface area contributed by atoms with E-state index < -0.39 is 0 Å². The third-order valence-corrected chi connectivity index (χ3v) is 4.82. The maximum Gasteiger partial charge on any atom is 0.119 e. The summed E-state index contributed by atoms with van der Waals surface area (Å²) in [6.45, 7) is 6.74. The van der Waals surface area contributed by atoms with E-state index in [2.05, 4.69) is 5.32 Å². The fourth-order valence-corrected chi connectivity index (χ4v) is 3.02. The Morgan fingerprint density at radius 2 is 1.31 bits per heavy atom. The van der Waals surface area contributed by atoms with E-state index in [0.29, 0.717) is 52.8 Å². The molecule has 0 radical (unpaired) electrons. The van der Waals surface area contributed by atoms with Gasteiger partial charge in [0.25, 0.3) is 0 Å². The summed E-state index contributed by atoms with van der Waals surface area (Å²) in [6, 6.07) is 15.8. The molecule has 0 spiro atoms. The molecule has 0 aromatic heterocycles. The lowest BCUT2D eigenvalue weighted by atomic mass is 10.1. The van der Waals surface area contributed by atoms with Crippen LogP contribution in [-0.2, 0) is 27.2 Å². The molecular formula is C25H37NO6. The quantitative estimate of drug-likeness (QED) is 0.340. The van der Waals surface area contributed by atoms with Crippen molar-refractivity contribution < 1.29 is 28.8 Å². The van der Waals surface area contributed by atoms with Crippen LogP contribution in [-0.4, -0.2) is 71.1 Å². The number of benzene rings is 2.